The quantitative estimate of drug-likeness (QED) is 0.768. The molecule has 0 unspecified atom stereocenters. The second kappa shape index (κ2) is 4.01. The minimum absolute atomic E-state index is 0.625. The zero-order valence-electron chi connectivity index (χ0n) is 8.72. The molecule has 1 aliphatic rings. The third-order valence-electron chi connectivity index (χ3n) is 3.00. The van der Waals surface area contributed by atoms with Crippen LogP contribution in [-0.4, -0.2) is 6.04 Å². The third kappa shape index (κ3) is 1.90. The summed E-state index contributed by atoms with van der Waals surface area (Å²) < 4.78 is 0. The summed E-state index contributed by atoms with van der Waals surface area (Å²) in [7, 11) is 0. The minimum atomic E-state index is 0.625. The summed E-state index contributed by atoms with van der Waals surface area (Å²) in [5.41, 5.74) is 9.40. The van der Waals surface area contributed by atoms with E-state index in [4.69, 9.17) is 5.73 Å². The standard InChI is InChI=1S/C12H18N2/c1-9-5-6-10(8-13)7-12(9)14-11-3-2-4-11/h5-7,11,14H,2-4,8,13H2,1H3. The molecule has 0 amide bonds. The van der Waals surface area contributed by atoms with Crippen LogP contribution < -0.4 is 11.1 Å². The maximum atomic E-state index is 5.62. The van der Waals surface area contributed by atoms with Gasteiger partial charge < -0.3 is 11.1 Å². The fourth-order valence-corrected chi connectivity index (χ4v) is 1.72. The number of aryl methyl sites for hydroxylation is 1. The maximum Gasteiger partial charge on any atom is 0.0375 e. The van der Waals surface area contributed by atoms with Crippen molar-refractivity contribution in [2.45, 2.75) is 38.8 Å². The second-order valence-corrected chi connectivity index (χ2v) is 4.13. The molecule has 1 saturated carbocycles. The molecule has 0 spiro atoms. The molecular formula is C12H18N2. The Kier molecular flexibility index (Phi) is 2.73. The van der Waals surface area contributed by atoms with Gasteiger partial charge in [-0.05, 0) is 43.4 Å². The number of hydrogen-bond acceptors (Lipinski definition) is 2. The van der Waals surface area contributed by atoms with Crippen molar-refractivity contribution in [2.75, 3.05) is 5.32 Å². The number of rotatable bonds is 3. The van der Waals surface area contributed by atoms with Gasteiger partial charge in [-0.15, -0.1) is 0 Å². The summed E-state index contributed by atoms with van der Waals surface area (Å²) in [6.07, 6.45) is 3.99. The Morgan fingerprint density at radius 2 is 2.21 bits per heavy atom. The van der Waals surface area contributed by atoms with E-state index in [1.807, 2.05) is 0 Å². The monoisotopic (exact) mass is 190 g/mol. The normalized spacial score (nSPS) is 16.4. The first kappa shape index (κ1) is 9.53. The highest BCUT2D eigenvalue weighted by atomic mass is 14.9. The predicted molar refractivity (Wildman–Crippen MR) is 60.3 cm³/mol. The van der Waals surface area contributed by atoms with E-state index < -0.39 is 0 Å². The Bertz CT molecular complexity index is 316. The van der Waals surface area contributed by atoms with Crippen LogP contribution in [0.2, 0.25) is 0 Å². The van der Waals surface area contributed by atoms with E-state index in [0.29, 0.717) is 12.6 Å². The Morgan fingerprint density at radius 1 is 1.43 bits per heavy atom. The van der Waals surface area contributed by atoms with Crippen molar-refractivity contribution in [1.82, 2.24) is 0 Å². The van der Waals surface area contributed by atoms with Crippen LogP contribution in [0.25, 0.3) is 0 Å². The van der Waals surface area contributed by atoms with Gasteiger partial charge in [-0.1, -0.05) is 12.1 Å². The largest absolute Gasteiger partial charge is 0.382 e. The predicted octanol–water partition coefficient (Wildman–Crippen LogP) is 2.42. The number of nitrogens with two attached hydrogens (primary N) is 1. The van der Waals surface area contributed by atoms with E-state index in [0.717, 1.165) is 0 Å². The SMILES string of the molecule is Cc1ccc(CN)cc1NC1CCC1. The Hall–Kier alpha value is -1.02. The summed E-state index contributed by atoms with van der Waals surface area (Å²) in [6, 6.07) is 7.11. The van der Waals surface area contributed by atoms with E-state index in [1.54, 1.807) is 0 Å². The van der Waals surface area contributed by atoms with Crippen LogP contribution in [0, 0.1) is 6.92 Å². The van der Waals surface area contributed by atoms with Crippen molar-refractivity contribution in [1.29, 1.82) is 0 Å². The summed E-state index contributed by atoms with van der Waals surface area (Å²) >= 11 is 0. The lowest BCUT2D eigenvalue weighted by Gasteiger charge is -2.28. The first-order chi connectivity index (χ1) is 6.79. The zero-order valence-corrected chi connectivity index (χ0v) is 8.72. The van der Waals surface area contributed by atoms with Crippen molar-refractivity contribution in [3.8, 4) is 0 Å². The van der Waals surface area contributed by atoms with Crippen LogP contribution in [0.1, 0.15) is 30.4 Å². The van der Waals surface area contributed by atoms with Crippen molar-refractivity contribution in [3.63, 3.8) is 0 Å². The first-order valence-electron chi connectivity index (χ1n) is 5.36. The van der Waals surface area contributed by atoms with Crippen LogP contribution >= 0.6 is 0 Å². The summed E-state index contributed by atoms with van der Waals surface area (Å²) in [5, 5.41) is 3.57. The van der Waals surface area contributed by atoms with E-state index >= 15 is 0 Å². The van der Waals surface area contributed by atoms with Gasteiger partial charge >= 0.3 is 0 Å². The fraction of sp³-hybridized carbons (Fsp3) is 0.500. The van der Waals surface area contributed by atoms with Gasteiger partial charge in [0, 0.05) is 18.3 Å². The van der Waals surface area contributed by atoms with Gasteiger partial charge in [0.2, 0.25) is 0 Å². The van der Waals surface area contributed by atoms with Crippen LogP contribution in [0.3, 0.4) is 0 Å². The van der Waals surface area contributed by atoms with E-state index in [1.165, 1.54) is 36.1 Å². The molecule has 0 aliphatic heterocycles. The number of benzene rings is 1. The average molecular weight is 190 g/mol. The molecule has 0 atom stereocenters. The zero-order chi connectivity index (χ0) is 9.97. The lowest BCUT2D eigenvalue weighted by Crippen LogP contribution is -2.27. The van der Waals surface area contributed by atoms with Gasteiger partial charge in [-0.2, -0.15) is 0 Å². The molecule has 2 nitrogen and oxygen atoms in total. The molecule has 1 fully saturated rings. The maximum absolute atomic E-state index is 5.62. The highest BCUT2D eigenvalue weighted by Crippen LogP contribution is 2.25. The topological polar surface area (TPSA) is 38.0 Å². The molecule has 1 aromatic rings. The van der Waals surface area contributed by atoms with E-state index in [-0.39, 0.29) is 0 Å². The molecule has 0 heterocycles. The third-order valence-corrected chi connectivity index (χ3v) is 3.00. The number of hydrogen-bond donors (Lipinski definition) is 2. The molecular weight excluding hydrogens is 172 g/mol. The lowest BCUT2D eigenvalue weighted by atomic mass is 9.92. The summed E-state index contributed by atoms with van der Waals surface area (Å²) in [5.74, 6) is 0. The van der Waals surface area contributed by atoms with E-state index in [2.05, 4.69) is 30.4 Å². The molecule has 14 heavy (non-hydrogen) atoms. The van der Waals surface area contributed by atoms with Gasteiger partial charge in [-0.25, -0.2) is 0 Å². The molecule has 0 bridgehead atoms. The van der Waals surface area contributed by atoms with Gasteiger partial charge in [0.15, 0.2) is 0 Å². The molecule has 1 aliphatic carbocycles. The molecule has 0 saturated heterocycles. The summed E-state index contributed by atoms with van der Waals surface area (Å²) in [6.45, 7) is 2.76. The van der Waals surface area contributed by atoms with Crippen molar-refractivity contribution in [2.24, 2.45) is 5.73 Å². The van der Waals surface area contributed by atoms with Crippen LogP contribution in [-0.2, 0) is 6.54 Å². The van der Waals surface area contributed by atoms with E-state index in [9.17, 15) is 0 Å². The Morgan fingerprint density at radius 3 is 2.79 bits per heavy atom. The number of anilines is 1. The first-order valence-corrected chi connectivity index (χ1v) is 5.36. The Balaban J connectivity index is 2.13. The molecule has 1 aromatic carbocycles. The Labute approximate surface area is 85.5 Å². The van der Waals surface area contributed by atoms with Gasteiger partial charge in [-0.3, -0.25) is 0 Å². The van der Waals surface area contributed by atoms with Crippen molar-refractivity contribution < 1.29 is 0 Å². The molecule has 0 radical (unpaired) electrons. The van der Waals surface area contributed by atoms with Gasteiger partial charge in [0.25, 0.3) is 0 Å². The number of nitrogens with one attached hydrogen (secondary N) is 1. The molecule has 2 heteroatoms. The smallest absolute Gasteiger partial charge is 0.0375 e. The van der Waals surface area contributed by atoms with Crippen LogP contribution in [0.5, 0.6) is 0 Å². The fourth-order valence-electron chi connectivity index (χ4n) is 1.72. The van der Waals surface area contributed by atoms with Gasteiger partial charge in [0.05, 0.1) is 0 Å². The molecule has 2 rings (SSSR count). The average Bonchev–Trinajstić information content (AvgIpc) is 2.14. The highest BCUT2D eigenvalue weighted by Gasteiger charge is 2.17. The van der Waals surface area contributed by atoms with Crippen LogP contribution in [0.4, 0.5) is 5.69 Å². The van der Waals surface area contributed by atoms with Crippen molar-refractivity contribution >= 4 is 5.69 Å². The molecule has 3 N–H and O–H groups in total. The summed E-state index contributed by atoms with van der Waals surface area (Å²) in [4.78, 5) is 0. The molecule has 0 aromatic heterocycles. The minimum Gasteiger partial charge on any atom is -0.382 e. The van der Waals surface area contributed by atoms with Gasteiger partial charge in [0.1, 0.15) is 0 Å². The second-order valence-electron chi connectivity index (χ2n) is 4.13. The van der Waals surface area contributed by atoms with Crippen molar-refractivity contribution in [3.05, 3.63) is 29.3 Å². The lowest BCUT2D eigenvalue weighted by molar-refractivity contribution is 0.445. The highest BCUT2D eigenvalue weighted by molar-refractivity contribution is 5.53. The molecule has 76 valence electrons. The van der Waals surface area contributed by atoms with Crippen LogP contribution in [0.15, 0.2) is 18.2 Å².